The first kappa shape index (κ1) is 22.5. The van der Waals surface area contributed by atoms with Crippen molar-refractivity contribution in [2.24, 2.45) is 11.8 Å². The quantitative estimate of drug-likeness (QED) is 0.472. The summed E-state index contributed by atoms with van der Waals surface area (Å²) >= 11 is 0. The first-order chi connectivity index (χ1) is 14.9. The summed E-state index contributed by atoms with van der Waals surface area (Å²) in [6.45, 7) is 2.63. The van der Waals surface area contributed by atoms with Crippen LogP contribution in [-0.4, -0.2) is 24.1 Å². The third-order valence-corrected chi connectivity index (χ3v) is 6.44. The lowest BCUT2D eigenvalue weighted by Crippen LogP contribution is -2.32. The molecule has 3 nitrogen and oxygen atoms in total. The minimum absolute atomic E-state index is 0.000355. The number of ether oxygens (including phenoxy) is 1. The van der Waals surface area contributed by atoms with Gasteiger partial charge in [-0.1, -0.05) is 6.07 Å². The molecule has 32 heavy (non-hydrogen) atoms. The fourth-order valence-corrected chi connectivity index (χ4v) is 4.84. The van der Waals surface area contributed by atoms with E-state index in [1.807, 2.05) is 0 Å². The molecule has 2 unspecified atom stereocenters. The molecule has 0 spiro atoms. The van der Waals surface area contributed by atoms with Gasteiger partial charge in [0.15, 0.2) is 0 Å². The Labute approximate surface area is 181 Å². The van der Waals surface area contributed by atoms with Crippen molar-refractivity contribution in [2.45, 2.75) is 38.0 Å². The van der Waals surface area contributed by atoms with E-state index in [-0.39, 0.29) is 23.5 Å². The minimum atomic E-state index is -4.47. The number of halogens is 6. The molecular formula is C23H21F6NO2. The van der Waals surface area contributed by atoms with Gasteiger partial charge in [0.2, 0.25) is 0 Å². The number of aryl methyl sites for hydroxylation is 1. The molecule has 2 aromatic carbocycles. The molecule has 9 heteroatoms. The van der Waals surface area contributed by atoms with Crippen molar-refractivity contribution in [2.75, 3.05) is 13.1 Å². The molecule has 1 aliphatic carbocycles. The Balaban J connectivity index is 1.37. The van der Waals surface area contributed by atoms with Crippen LogP contribution in [0.2, 0.25) is 0 Å². The summed E-state index contributed by atoms with van der Waals surface area (Å²) < 4.78 is 82.5. The Hall–Kier alpha value is -2.71. The molecule has 0 N–H and O–H groups in total. The van der Waals surface area contributed by atoms with E-state index in [1.165, 1.54) is 17.0 Å². The van der Waals surface area contributed by atoms with Gasteiger partial charge in [0.1, 0.15) is 5.75 Å². The van der Waals surface area contributed by atoms with Crippen LogP contribution >= 0.6 is 0 Å². The normalized spacial score (nSPS) is 23.3. The molecule has 1 aliphatic heterocycles. The third-order valence-electron chi connectivity index (χ3n) is 6.44. The lowest BCUT2D eigenvalue weighted by Gasteiger charge is -2.21. The molecule has 1 amide bonds. The van der Waals surface area contributed by atoms with E-state index in [0.717, 1.165) is 35.9 Å². The molecule has 2 aliphatic rings. The highest BCUT2D eigenvalue weighted by molar-refractivity contribution is 5.71. The van der Waals surface area contributed by atoms with Gasteiger partial charge in [0.25, 0.3) is 0 Å². The van der Waals surface area contributed by atoms with Gasteiger partial charge in [-0.2, -0.15) is 26.3 Å². The number of amides is 1. The molecule has 1 saturated carbocycles. The van der Waals surface area contributed by atoms with Crippen LogP contribution in [0.4, 0.5) is 31.1 Å². The lowest BCUT2D eigenvalue weighted by atomic mass is 9.90. The van der Waals surface area contributed by atoms with E-state index in [1.54, 1.807) is 6.92 Å². The van der Waals surface area contributed by atoms with Crippen LogP contribution in [0.3, 0.4) is 0 Å². The summed E-state index contributed by atoms with van der Waals surface area (Å²) in [5.41, 5.74) is 0.0375. The van der Waals surface area contributed by atoms with Crippen LogP contribution in [0.25, 0.3) is 0 Å². The largest absolute Gasteiger partial charge is 0.416 e. The van der Waals surface area contributed by atoms with E-state index in [0.29, 0.717) is 31.5 Å². The fraction of sp³-hybridized carbons (Fsp3) is 0.435. The number of carbonyl (C=O) groups excluding carboxylic acids is 1. The molecule has 0 bridgehead atoms. The summed E-state index contributed by atoms with van der Waals surface area (Å²) in [6, 6.07) is 7.73. The summed E-state index contributed by atoms with van der Waals surface area (Å²) in [4.78, 5) is 14.0. The minimum Gasteiger partial charge on any atom is -0.410 e. The topological polar surface area (TPSA) is 29.5 Å². The van der Waals surface area contributed by atoms with Crippen molar-refractivity contribution >= 4 is 6.09 Å². The van der Waals surface area contributed by atoms with Crippen molar-refractivity contribution in [1.29, 1.82) is 0 Å². The van der Waals surface area contributed by atoms with Gasteiger partial charge < -0.3 is 9.64 Å². The number of nitrogens with zero attached hydrogens (tertiary/aromatic N) is 1. The number of hydrogen-bond donors (Lipinski definition) is 0. The van der Waals surface area contributed by atoms with Gasteiger partial charge in [-0.25, -0.2) is 4.79 Å². The average Bonchev–Trinajstić information content (AvgIpc) is 3.26. The predicted molar refractivity (Wildman–Crippen MR) is 104 cm³/mol. The molecule has 0 radical (unpaired) electrons. The summed E-state index contributed by atoms with van der Waals surface area (Å²) in [5, 5.41) is 0. The predicted octanol–water partition coefficient (Wildman–Crippen LogP) is 6.66. The number of likely N-dealkylation sites (tertiary alicyclic amines) is 1. The molecule has 0 aromatic heterocycles. The van der Waals surface area contributed by atoms with Gasteiger partial charge >= 0.3 is 18.4 Å². The highest BCUT2D eigenvalue weighted by Gasteiger charge is 2.44. The standard InChI is InChI=1S/C23H21F6NO2/c1-13-2-3-18(23(27,28)29)10-20(13)14-8-15-11-30(12-16(15)9-14)21(31)32-19-6-4-17(5-7-19)22(24,25)26/h2-7,10,14-16H,8-9,11-12H2,1H3/t14?,15-,16?/m0/s1. The van der Waals surface area contributed by atoms with Crippen molar-refractivity contribution in [1.82, 2.24) is 4.90 Å². The highest BCUT2D eigenvalue weighted by Crippen LogP contribution is 2.47. The number of carbonyl (C=O) groups is 1. The Morgan fingerprint density at radius 3 is 1.94 bits per heavy atom. The lowest BCUT2D eigenvalue weighted by molar-refractivity contribution is -0.138. The van der Waals surface area contributed by atoms with Gasteiger partial charge in [0.05, 0.1) is 11.1 Å². The van der Waals surface area contributed by atoms with Crippen LogP contribution in [0.1, 0.15) is 41.0 Å². The van der Waals surface area contributed by atoms with E-state index in [4.69, 9.17) is 4.74 Å². The van der Waals surface area contributed by atoms with E-state index in [2.05, 4.69) is 0 Å². The van der Waals surface area contributed by atoms with Gasteiger partial charge in [-0.3, -0.25) is 0 Å². The van der Waals surface area contributed by atoms with Crippen LogP contribution in [0.15, 0.2) is 42.5 Å². The maximum atomic E-state index is 13.1. The van der Waals surface area contributed by atoms with Crippen LogP contribution in [0, 0.1) is 18.8 Å². The number of fused-ring (bicyclic) bond motifs is 1. The molecule has 2 aromatic rings. The molecule has 1 saturated heterocycles. The Kier molecular flexibility index (Phi) is 5.63. The molecule has 3 atom stereocenters. The molecule has 1 heterocycles. The van der Waals surface area contributed by atoms with Gasteiger partial charge in [0, 0.05) is 13.1 Å². The zero-order valence-electron chi connectivity index (χ0n) is 17.1. The van der Waals surface area contributed by atoms with Crippen molar-refractivity contribution in [3.05, 3.63) is 64.7 Å². The fourth-order valence-electron chi connectivity index (χ4n) is 4.84. The van der Waals surface area contributed by atoms with Gasteiger partial charge in [-0.15, -0.1) is 0 Å². The zero-order chi connectivity index (χ0) is 23.3. The monoisotopic (exact) mass is 457 g/mol. The molecular weight excluding hydrogens is 436 g/mol. The van der Waals surface area contributed by atoms with Crippen molar-refractivity contribution in [3.8, 4) is 5.75 Å². The maximum absolute atomic E-state index is 13.1. The van der Waals surface area contributed by atoms with Crippen LogP contribution < -0.4 is 4.74 Å². The maximum Gasteiger partial charge on any atom is 0.416 e. The molecule has 4 rings (SSSR count). The number of alkyl halides is 6. The summed E-state index contributed by atoms with van der Waals surface area (Å²) in [7, 11) is 0. The second-order valence-corrected chi connectivity index (χ2v) is 8.55. The first-order valence-electron chi connectivity index (χ1n) is 10.2. The van der Waals surface area contributed by atoms with E-state index < -0.39 is 29.6 Å². The second kappa shape index (κ2) is 8.01. The third kappa shape index (κ3) is 4.56. The molecule has 172 valence electrons. The van der Waals surface area contributed by atoms with Crippen molar-refractivity contribution < 1.29 is 35.9 Å². The average molecular weight is 457 g/mol. The highest BCUT2D eigenvalue weighted by atomic mass is 19.4. The SMILES string of the molecule is Cc1ccc(C(F)(F)F)cc1C1CC2CN(C(=O)Oc3ccc(C(F)(F)F)cc3)C[C@@H]2C1. The van der Waals surface area contributed by atoms with Gasteiger partial charge in [-0.05, 0) is 85.0 Å². The Morgan fingerprint density at radius 2 is 1.41 bits per heavy atom. The Bertz CT molecular complexity index is 985. The zero-order valence-corrected chi connectivity index (χ0v) is 17.1. The smallest absolute Gasteiger partial charge is 0.410 e. The second-order valence-electron chi connectivity index (χ2n) is 8.55. The first-order valence-corrected chi connectivity index (χ1v) is 10.2. The summed E-state index contributed by atoms with van der Waals surface area (Å²) in [5.74, 6) is 0.320. The van der Waals surface area contributed by atoms with Crippen LogP contribution in [0.5, 0.6) is 5.75 Å². The number of rotatable bonds is 2. The van der Waals surface area contributed by atoms with E-state index >= 15 is 0 Å². The van der Waals surface area contributed by atoms with Crippen LogP contribution in [-0.2, 0) is 12.4 Å². The molecule has 2 fully saturated rings. The van der Waals surface area contributed by atoms with E-state index in [9.17, 15) is 31.1 Å². The summed E-state index contributed by atoms with van der Waals surface area (Å²) in [6.07, 6.45) is -8.14. The number of benzene rings is 2. The Morgan fingerprint density at radius 1 is 0.875 bits per heavy atom. The number of hydrogen-bond acceptors (Lipinski definition) is 2. The van der Waals surface area contributed by atoms with Crippen molar-refractivity contribution in [3.63, 3.8) is 0 Å².